The number of hydrogen-bond acceptors (Lipinski definition) is 6. The molecule has 0 aliphatic carbocycles. The SMILES string of the molecule is CN(C)CCCC(NC(=O)Nc1cccnc1)c1ccc(C(=O)Nc2ccccc2N)nc1. The number of benzene rings is 1. The Morgan fingerprint density at radius 2 is 1.85 bits per heavy atom. The number of nitrogens with two attached hydrogens (primary N) is 1. The quantitative estimate of drug-likeness (QED) is 0.372. The van der Waals surface area contributed by atoms with Gasteiger partial charge in [-0.25, -0.2) is 4.79 Å². The minimum Gasteiger partial charge on any atom is -0.397 e. The largest absolute Gasteiger partial charge is 0.397 e. The number of pyridine rings is 2. The van der Waals surface area contributed by atoms with Crippen molar-refractivity contribution in [3.63, 3.8) is 0 Å². The van der Waals surface area contributed by atoms with Gasteiger partial charge in [0.05, 0.1) is 29.3 Å². The highest BCUT2D eigenvalue weighted by Crippen LogP contribution is 2.20. The maximum Gasteiger partial charge on any atom is 0.319 e. The van der Waals surface area contributed by atoms with Crippen LogP contribution in [-0.4, -0.2) is 47.4 Å². The van der Waals surface area contributed by atoms with Crippen molar-refractivity contribution in [1.82, 2.24) is 20.2 Å². The zero-order valence-corrected chi connectivity index (χ0v) is 18.8. The van der Waals surface area contributed by atoms with Crippen LogP contribution in [-0.2, 0) is 0 Å². The molecule has 9 nitrogen and oxygen atoms in total. The smallest absolute Gasteiger partial charge is 0.319 e. The van der Waals surface area contributed by atoms with Gasteiger partial charge in [-0.2, -0.15) is 0 Å². The van der Waals surface area contributed by atoms with E-state index in [9.17, 15) is 9.59 Å². The molecule has 1 atom stereocenters. The van der Waals surface area contributed by atoms with Crippen LogP contribution in [0.3, 0.4) is 0 Å². The first-order chi connectivity index (χ1) is 15.9. The third kappa shape index (κ3) is 7.29. The van der Waals surface area contributed by atoms with Crippen molar-refractivity contribution in [2.24, 2.45) is 0 Å². The standard InChI is InChI=1S/C24H29N7O2/c1-31(2)14-6-10-20(30-24(33)28-18-7-5-13-26-16-18)17-11-12-22(27-15-17)23(32)29-21-9-4-3-8-19(21)25/h3-5,7-9,11-13,15-16,20H,6,10,14,25H2,1-2H3,(H,29,32)(H2,28,30,33). The van der Waals surface area contributed by atoms with E-state index in [4.69, 9.17) is 5.73 Å². The second-order valence-electron chi connectivity index (χ2n) is 7.86. The average molecular weight is 448 g/mol. The summed E-state index contributed by atoms with van der Waals surface area (Å²) in [5.74, 6) is -0.356. The van der Waals surface area contributed by atoms with Gasteiger partial charge >= 0.3 is 6.03 Å². The molecule has 172 valence electrons. The summed E-state index contributed by atoms with van der Waals surface area (Å²) < 4.78 is 0. The summed E-state index contributed by atoms with van der Waals surface area (Å²) in [4.78, 5) is 35.5. The molecule has 0 saturated carbocycles. The molecule has 33 heavy (non-hydrogen) atoms. The van der Waals surface area contributed by atoms with Crippen molar-refractivity contribution < 1.29 is 9.59 Å². The first-order valence-corrected chi connectivity index (χ1v) is 10.7. The molecule has 3 amide bonds. The summed E-state index contributed by atoms with van der Waals surface area (Å²) in [5.41, 5.74) is 8.57. The maximum absolute atomic E-state index is 12.6. The minimum absolute atomic E-state index is 0.258. The Kier molecular flexibility index (Phi) is 8.31. The summed E-state index contributed by atoms with van der Waals surface area (Å²) in [5, 5.41) is 8.55. The van der Waals surface area contributed by atoms with Crippen LogP contribution in [0.4, 0.5) is 21.9 Å². The number of amides is 3. The van der Waals surface area contributed by atoms with Crippen molar-refractivity contribution >= 4 is 29.0 Å². The van der Waals surface area contributed by atoms with E-state index in [1.807, 2.05) is 14.1 Å². The highest BCUT2D eigenvalue weighted by Gasteiger charge is 2.17. The molecule has 0 bridgehead atoms. The number of nitrogens with one attached hydrogen (secondary N) is 3. The van der Waals surface area contributed by atoms with Crippen LogP contribution in [0.5, 0.6) is 0 Å². The van der Waals surface area contributed by atoms with Crippen LogP contribution in [0.1, 0.15) is 34.9 Å². The fraction of sp³-hybridized carbons (Fsp3) is 0.250. The number of hydrogen-bond donors (Lipinski definition) is 4. The van der Waals surface area contributed by atoms with E-state index in [2.05, 4.69) is 30.8 Å². The molecule has 0 fully saturated rings. The number of carbonyl (C=O) groups is 2. The first-order valence-electron chi connectivity index (χ1n) is 10.7. The van der Waals surface area contributed by atoms with Gasteiger partial charge in [-0.3, -0.25) is 14.8 Å². The fourth-order valence-corrected chi connectivity index (χ4v) is 3.24. The normalized spacial score (nSPS) is 11.6. The Labute approximate surface area is 193 Å². The molecular formula is C24H29N7O2. The molecule has 0 aliphatic rings. The van der Waals surface area contributed by atoms with E-state index in [-0.39, 0.29) is 23.7 Å². The van der Waals surface area contributed by atoms with Gasteiger partial charge in [0.15, 0.2) is 0 Å². The van der Waals surface area contributed by atoms with Gasteiger partial charge in [0.1, 0.15) is 5.69 Å². The lowest BCUT2D eigenvalue weighted by molar-refractivity contribution is 0.102. The number of rotatable bonds is 9. The van der Waals surface area contributed by atoms with Crippen molar-refractivity contribution in [3.8, 4) is 0 Å². The number of para-hydroxylation sites is 2. The lowest BCUT2D eigenvalue weighted by atomic mass is 10.0. The molecule has 1 aromatic carbocycles. The summed E-state index contributed by atoms with van der Waals surface area (Å²) in [6.07, 6.45) is 6.43. The molecule has 3 rings (SSSR count). The summed E-state index contributed by atoms with van der Waals surface area (Å²) in [6, 6.07) is 13.4. The monoisotopic (exact) mass is 447 g/mol. The Morgan fingerprint density at radius 1 is 1.03 bits per heavy atom. The van der Waals surface area contributed by atoms with Gasteiger partial charge in [0, 0.05) is 12.4 Å². The molecule has 2 heterocycles. The van der Waals surface area contributed by atoms with Crippen LogP contribution >= 0.6 is 0 Å². The highest BCUT2D eigenvalue weighted by atomic mass is 16.2. The second-order valence-corrected chi connectivity index (χ2v) is 7.86. The third-order valence-electron chi connectivity index (χ3n) is 4.95. The molecule has 1 unspecified atom stereocenters. The summed E-state index contributed by atoms with van der Waals surface area (Å²) >= 11 is 0. The topological polar surface area (TPSA) is 125 Å². The van der Waals surface area contributed by atoms with Gasteiger partial charge in [-0.1, -0.05) is 18.2 Å². The molecule has 2 aromatic heterocycles. The summed E-state index contributed by atoms with van der Waals surface area (Å²) in [6.45, 7) is 0.884. The first kappa shape index (κ1) is 23.7. The van der Waals surface area contributed by atoms with E-state index >= 15 is 0 Å². The lowest BCUT2D eigenvalue weighted by Gasteiger charge is -2.20. The number of anilines is 3. The number of aromatic nitrogens is 2. The predicted molar refractivity (Wildman–Crippen MR) is 130 cm³/mol. The number of nitrogen functional groups attached to an aromatic ring is 1. The van der Waals surface area contributed by atoms with Crippen LogP contribution in [0.25, 0.3) is 0 Å². The van der Waals surface area contributed by atoms with Crippen LogP contribution in [0.2, 0.25) is 0 Å². The van der Waals surface area contributed by atoms with Gasteiger partial charge in [0.25, 0.3) is 5.91 Å². The van der Waals surface area contributed by atoms with Crippen LogP contribution in [0.15, 0.2) is 67.1 Å². The highest BCUT2D eigenvalue weighted by molar-refractivity contribution is 6.04. The van der Waals surface area contributed by atoms with Gasteiger partial charge < -0.3 is 26.6 Å². The van der Waals surface area contributed by atoms with Gasteiger partial charge in [-0.15, -0.1) is 0 Å². The summed E-state index contributed by atoms with van der Waals surface area (Å²) in [7, 11) is 4.01. The fourth-order valence-electron chi connectivity index (χ4n) is 3.24. The average Bonchev–Trinajstić information content (AvgIpc) is 2.80. The number of urea groups is 1. The molecule has 0 radical (unpaired) electrons. The zero-order chi connectivity index (χ0) is 23.6. The maximum atomic E-state index is 12.6. The number of nitrogens with zero attached hydrogens (tertiary/aromatic N) is 3. The van der Waals surface area contributed by atoms with Crippen molar-refractivity contribution in [2.45, 2.75) is 18.9 Å². The third-order valence-corrected chi connectivity index (χ3v) is 4.95. The Bertz CT molecular complexity index is 1060. The number of carbonyl (C=O) groups excluding carboxylic acids is 2. The van der Waals surface area contributed by atoms with Gasteiger partial charge in [0.2, 0.25) is 0 Å². The molecular weight excluding hydrogens is 418 g/mol. The van der Waals surface area contributed by atoms with Crippen LogP contribution in [0, 0.1) is 0 Å². The van der Waals surface area contributed by atoms with Crippen molar-refractivity contribution in [1.29, 1.82) is 0 Å². The van der Waals surface area contributed by atoms with E-state index in [1.54, 1.807) is 67.1 Å². The Balaban J connectivity index is 1.69. The van der Waals surface area contributed by atoms with E-state index in [0.717, 1.165) is 18.5 Å². The molecule has 0 spiro atoms. The van der Waals surface area contributed by atoms with Crippen LogP contribution < -0.4 is 21.7 Å². The molecule has 0 aliphatic heterocycles. The molecule has 3 aromatic rings. The van der Waals surface area contributed by atoms with Crippen molar-refractivity contribution in [3.05, 3.63) is 78.4 Å². The molecule has 5 N–H and O–H groups in total. The van der Waals surface area contributed by atoms with E-state index in [0.29, 0.717) is 23.5 Å². The zero-order valence-electron chi connectivity index (χ0n) is 18.8. The molecule has 9 heteroatoms. The lowest BCUT2D eigenvalue weighted by Crippen LogP contribution is -2.33. The predicted octanol–water partition coefficient (Wildman–Crippen LogP) is 3.52. The van der Waals surface area contributed by atoms with E-state index < -0.39 is 0 Å². The second kappa shape index (κ2) is 11.6. The van der Waals surface area contributed by atoms with E-state index in [1.165, 1.54) is 0 Å². The van der Waals surface area contributed by atoms with Crippen molar-refractivity contribution in [2.75, 3.05) is 37.0 Å². The minimum atomic E-state index is -0.356. The molecule has 0 saturated heterocycles. The Morgan fingerprint density at radius 3 is 2.52 bits per heavy atom. The van der Waals surface area contributed by atoms with Gasteiger partial charge in [-0.05, 0) is 69.4 Å². The Hall–Kier alpha value is -3.98.